The summed E-state index contributed by atoms with van der Waals surface area (Å²) in [5.41, 5.74) is 3.05. The van der Waals surface area contributed by atoms with E-state index >= 15 is 0 Å². The van der Waals surface area contributed by atoms with Crippen molar-refractivity contribution in [2.24, 2.45) is 0 Å². The third-order valence-electron chi connectivity index (χ3n) is 4.49. The molecule has 0 radical (unpaired) electrons. The molecule has 1 N–H and O–H groups in total. The number of aromatic nitrogens is 4. The Morgan fingerprint density at radius 2 is 1.80 bits per heavy atom. The first-order valence-electron chi connectivity index (χ1n) is 9.50. The summed E-state index contributed by atoms with van der Waals surface area (Å²) in [6, 6.07) is 19.7. The molecule has 2 aromatic heterocycles. The highest BCUT2D eigenvalue weighted by Gasteiger charge is 2.22. The number of aryl methyl sites for hydroxylation is 2. The average Bonchev–Trinajstić information content (AvgIpc) is 3.35. The van der Waals surface area contributed by atoms with Crippen molar-refractivity contribution in [3.8, 4) is 17.1 Å². The van der Waals surface area contributed by atoms with Crippen LogP contribution in [-0.4, -0.2) is 31.1 Å². The largest absolute Gasteiger partial charge is 0.360 e. The molecule has 2 aromatic carbocycles. The van der Waals surface area contributed by atoms with Gasteiger partial charge in [-0.3, -0.25) is 9.36 Å². The van der Waals surface area contributed by atoms with Crippen LogP contribution in [0.4, 0.5) is 5.82 Å². The smallest absolute Gasteiger partial charge is 0.238 e. The number of nitrogens with zero attached hydrogens (tertiary/aromatic N) is 4. The lowest BCUT2D eigenvalue weighted by atomic mass is 10.2. The van der Waals surface area contributed by atoms with Gasteiger partial charge in [0.1, 0.15) is 5.76 Å². The van der Waals surface area contributed by atoms with Crippen LogP contribution >= 0.6 is 11.8 Å². The first kappa shape index (κ1) is 19.9. The van der Waals surface area contributed by atoms with Gasteiger partial charge in [-0.1, -0.05) is 64.9 Å². The van der Waals surface area contributed by atoms with E-state index in [1.54, 1.807) is 13.0 Å². The minimum atomic E-state index is -0.418. The van der Waals surface area contributed by atoms with Gasteiger partial charge in [-0.25, -0.2) is 0 Å². The third-order valence-corrected chi connectivity index (χ3v) is 5.53. The van der Waals surface area contributed by atoms with Crippen LogP contribution in [-0.2, 0) is 4.79 Å². The number of nitrogens with one attached hydrogen (secondary N) is 1. The number of hydrogen-bond donors (Lipinski definition) is 1. The molecule has 2 heterocycles. The maximum Gasteiger partial charge on any atom is 0.238 e. The van der Waals surface area contributed by atoms with Crippen molar-refractivity contribution in [2.45, 2.75) is 31.2 Å². The standard InChI is InChI=1S/C22H21N5O2S/c1-14-9-11-18(12-10-14)27-20(17-7-5-4-6-8-17)24-25-22(27)30-16(3)21(28)23-19-13-15(2)29-26-19/h4-13,16H,1-3H3,(H,23,26,28). The molecule has 0 aliphatic heterocycles. The van der Waals surface area contributed by atoms with Gasteiger partial charge in [0.2, 0.25) is 5.91 Å². The summed E-state index contributed by atoms with van der Waals surface area (Å²) in [7, 11) is 0. The number of amides is 1. The Morgan fingerprint density at radius 3 is 2.47 bits per heavy atom. The van der Waals surface area contributed by atoms with Crippen LogP contribution in [0.5, 0.6) is 0 Å². The lowest BCUT2D eigenvalue weighted by Crippen LogP contribution is -2.23. The molecule has 0 aliphatic carbocycles. The molecule has 30 heavy (non-hydrogen) atoms. The van der Waals surface area contributed by atoms with Crippen molar-refractivity contribution in [1.29, 1.82) is 0 Å². The first-order valence-corrected chi connectivity index (χ1v) is 10.4. The molecule has 152 valence electrons. The van der Waals surface area contributed by atoms with Gasteiger partial charge >= 0.3 is 0 Å². The lowest BCUT2D eigenvalue weighted by Gasteiger charge is -2.13. The average molecular weight is 420 g/mol. The van der Waals surface area contributed by atoms with Crippen LogP contribution in [0.15, 0.2) is 70.3 Å². The van der Waals surface area contributed by atoms with Crippen molar-refractivity contribution in [3.63, 3.8) is 0 Å². The topological polar surface area (TPSA) is 85.8 Å². The molecule has 1 unspecified atom stereocenters. The fraction of sp³-hybridized carbons (Fsp3) is 0.182. The number of benzene rings is 2. The van der Waals surface area contributed by atoms with Crippen molar-refractivity contribution in [2.75, 3.05) is 5.32 Å². The molecule has 1 atom stereocenters. The third kappa shape index (κ3) is 4.28. The van der Waals surface area contributed by atoms with Gasteiger partial charge in [-0.2, -0.15) is 0 Å². The number of anilines is 1. The molecule has 0 saturated carbocycles. The number of rotatable bonds is 6. The molecular weight excluding hydrogens is 398 g/mol. The molecule has 4 rings (SSSR count). The van der Waals surface area contributed by atoms with Gasteiger partial charge in [0.15, 0.2) is 16.8 Å². The summed E-state index contributed by atoms with van der Waals surface area (Å²) in [5, 5.41) is 15.6. The van der Waals surface area contributed by atoms with Gasteiger partial charge in [0, 0.05) is 17.3 Å². The fourth-order valence-electron chi connectivity index (χ4n) is 2.91. The molecule has 4 aromatic rings. The van der Waals surface area contributed by atoms with Crippen molar-refractivity contribution in [3.05, 3.63) is 72.0 Å². The van der Waals surface area contributed by atoms with Crippen molar-refractivity contribution < 1.29 is 9.32 Å². The zero-order valence-corrected chi connectivity index (χ0v) is 17.7. The molecule has 0 aliphatic rings. The van der Waals surface area contributed by atoms with Crippen LogP contribution in [0.25, 0.3) is 17.1 Å². The number of thioether (sulfide) groups is 1. The zero-order valence-electron chi connectivity index (χ0n) is 16.9. The van der Waals surface area contributed by atoms with E-state index in [-0.39, 0.29) is 5.91 Å². The molecule has 0 fully saturated rings. The normalized spacial score (nSPS) is 12.0. The van der Waals surface area contributed by atoms with Crippen LogP contribution in [0.3, 0.4) is 0 Å². The Morgan fingerprint density at radius 1 is 1.07 bits per heavy atom. The molecular formula is C22H21N5O2S. The van der Waals surface area contributed by atoms with Crippen LogP contribution in [0, 0.1) is 13.8 Å². The van der Waals surface area contributed by atoms with E-state index in [9.17, 15) is 4.79 Å². The predicted molar refractivity (Wildman–Crippen MR) is 117 cm³/mol. The summed E-state index contributed by atoms with van der Waals surface area (Å²) in [5.74, 6) is 1.57. The SMILES string of the molecule is Cc1ccc(-n2c(SC(C)C(=O)Nc3cc(C)on3)nnc2-c2ccccc2)cc1. The summed E-state index contributed by atoms with van der Waals surface area (Å²) in [4.78, 5) is 12.6. The van der Waals surface area contributed by atoms with Gasteiger partial charge in [-0.15, -0.1) is 10.2 Å². The Kier molecular flexibility index (Phi) is 5.67. The van der Waals surface area contributed by atoms with E-state index < -0.39 is 5.25 Å². The van der Waals surface area contributed by atoms with Crippen LogP contribution < -0.4 is 5.32 Å². The Balaban J connectivity index is 1.65. The van der Waals surface area contributed by atoms with Gasteiger partial charge < -0.3 is 9.84 Å². The Bertz CT molecular complexity index is 1150. The molecule has 0 spiro atoms. The van der Waals surface area contributed by atoms with Gasteiger partial charge in [0.25, 0.3) is 0 Å². The zero-order chi connectivity index (χ0) is 21.1. The first-order chi connectivity index (χ1) is 14.5. The lowest BCUT2D eigenvalue weighted by molar-refractivity contribution is -0.115. The monoisotopic (exact) mass is 419 g/mol. The summed E-state index contributed by atoms with van der Waals surface area (Å²) in [6.45, 7) is 5.64. The number of carbonyl (C=O) groups is 1. The van der Waals surface area contributed by atoms with E-state index in [4.69, 9.17) is 4.52 Å². The van der Waals surface area contributed by atoms with Gasteiger partial charge in [-0.05, 0) is 32.9 Å². The summed E-state index contributed by atoms with van der Waals surface area (Å²) < 4.78 is 6.98. The maximum atomic E-state index is 12.6. The van der Waals surface area contributed by atoms with Crippen molar-refractivity contribution >= 4 is 23.5 Å². The predicted octanol–water partition coefficient (Wildman–Crippen LogP) is 4.66. The second-order valence-corrected chi connectivity index (χ2v) is 8.22. The molecule has 0 bridgehead atoms. The van der Waals surface area contributed by atoms with Crippen molar-refractivity contribution in [1.82, 2.24) is 19.9 Å². The molecule has 0 saturated heterocycles. The van der Waals surface area contributed by atoms with Gasteiger partial charge in [0.05, 0.1) is 5.25 Å². The molecule has 1 amide bonds. The van der Waals surface area contributed by atoms with E-state index in [0.717, 1.165) is 22.6 Å². The van der Waals surface area contributed by atoms with E-state index in [2.05, 4.69) is 20.7 Å². The Hall–Kier alpha value is -3.39. The Labute approximate surface area is 178 Å². The van der Waals surface area contributed by atoms with Crippen LogP contribution in [0.2, 0.25) is 0 Å². The highest BCUT2D eigenvalue weighted by atomic mass is 32.2. The van der Waals surface area contributed by atoms with E-state index in [0.29, 0.717) is 16.7 Å². The quantitative estimate of drug-likeness (QED) is 0.458. The second kappa shape index (κ2) is 8.54. The second-order valence-electron chi connectivity index (χ2n) is 6.92. The van der Waals surface area contributed by atoms with Crippen LogP contribution in [0.1, 0.15) is 18.2 Å². The van der Waals surface area contributed by atoms with E-state index in [1.165, 1.54) is 11.8 Å². The minimum absolute atomic E-state index is 0.187. The minimum Gasteiger partial charge on any atom is -0.360 e. The number of hydrogen-bond acceptors (Lipinski definition) is 6. The summed E-state index contributed by atoms with van der Waals surface area (Å²) >= 11 is 1.34. The number of carbonyl (C=O) groups excluding carboxylic acids is 1. The summed E-state index contributed by atoms with van der Waals surface area (Å²) in [6.07, 6.45) is 0. The highest BCUT2D eigenvalue weighted by Crippen LogP contribution is 2.30. The highest BCUT2D eigenvalue weighted by molar-refractivity contribution is 8.00. The molecule has 7 nitrogen and oxygen atoms in total. The fourth-order valence-corrected chi connectivity index (χ4v) is 3.78. The maximum absolute atomic E-state index is 12.6. The molecule has 8 heteroatoms. The van der Waals surface area contributed by atoms with E-state index in [1.807, 2.05) is 73.0 Å².